The first-order chi connectivity index (χ1) is 10.1. The Kier molecular flexibility index (Phi) is 4.94. The number of aromatic nitrogens is 2. The molecule has 1 aromatic heterocycles. The van der Waals surface area contributed by atoms with Crippen LogP contribution < -0.4 is 10.6 Å². The summed E-state index contributed by atoms with van der Waals surface area (Å²) in [6.07, 6.45) is 0.931. The van der Waals surface area contributed by atoms with Gasteiger partial charge < -0.3 is 15.7 Å². The van der Waals surface area contributed by atoms with Crippen molar-refractivity contribution in [1.82, 2.24) is 9.97 Å². The first-order valence-corrected chi connectivity index (χ1v) is 6.85. The zero-order valence-corrected chi connectivity index (χ0v) is 12.2. The number of carboxylic acid groups (broad SMARTS) is 1. The number of rotatable bonds is 6. The molecular weight excluding hydrogens is 292 g/mol. The molecule has 0 aliphatic heterocycles. The number of carbonyl (C=O) groups is 1. The van der Waals surface area contributed by atoms with E-state index in [2.05, 4.69) is 20.6 Å². The second kappa shape index (κ2) is 6.90. The molecule has 0 atom stereocenters. The molecule has 0 saturated carbocycles. The number of aromatic carboxylic acids is 1. The Morgan fingerprint density at radius 2 is 2.10 bits per heavy atom. The van der Waals surface area contributed by atoms with Gasteiger partial charge in [-0.2, -0.15) is 4.98 Å². The van der Waals surface area contributed by atoms with Gasteiger partial charge in [0.2, 0.25) is 5.95 Å². The van der Waals surface area contributed by atoms with E-state index < -0.39 is 5.97 Å². The third-order valence-corrected chi connectivity index (χ3v) is 2.84. The molecule has 7 heteroatoms. The minimum atomic E-state index is -1.01. The zero-order valence-electron chi connectivity index (χ0n) is 11.4. The van der Waals surface area contributed by atoms with Crippen LogP contribution in [-0.2, 0) is 0 Å². The predicted octanol–water partition coefficient (Wildman–Crippen LogP) is 3.39. The molecule has 0 bridgehead atoms. The van der Waals surface area contributed by atoms with Crippen molar-refractivity contribution >= 4 is 35.0 Å². The Hall–Kier alpha value is -2.34. The molecule has 0 aliphatic rings. The second-order valence-corrected chi connectivity index (χ2v) is 4.69. The van der Waals surface area contributed by atoms with Gasteiger partial charge in [0.05, 0.1) is 11.3 Å². The van der Waals surface area contributed by atoms with Gasteiger partial charge in [-0.15, -0.1) is 0 Å². The van der Waals surface area contributed by atoms with E-state index in [0.29, 0.717) is 17.5 Å². The lowest BCUT2D eigenvalue weighted by Gasteiger charge is -2.10. The van der Waals surface area contributed by atoms with Gasteiger partial charge >= 0.3 is 5.97 Å². The number of nitrogens with zero attached hydrogens (tertiary/aromatic N) is 2. The van der Waals surface area contributed by atoms with Crippen LogP contribution in [0.4, 0.5) is 17.5 Å². The third-order valence-electron chi connectivity index (χ3n) is 2.65. The summed E-state index contributed by atoms with van der Waals surface area (Å²) in [6.45, 7) is 2.76. The third kappa shape index (κ3) is 4.06. The Bertz CT molecular complexity index is 649. The van der Waals surface area contributed by atoms with Crippen molar-refractivity contribution in [2.45, 2.75) is 13.3 Å². The van der Waals surface area contributed by atoms with Gasteiger partial charge in [-0.1, -0.05) is 30.7 Å². The summed E-state index contributed by atoms with van der Waals surface area (Å²) in [5.74, 6) is -0.176. The fraction of sp³-hybridized carbons (Fsp3) is 0.214. The molecule has 110 valence electrons. The monoisotopic (exact) mass is 306 g/mol. The Labute approximate surface area is 127 Å². The van der Waals surface area contributed by atoms with E-state index in [1.807, 2.05) is 6.92 Å². The number of carboxylic acids is 1. The average Bonchev–Trinajstić information content (AvgIpc) is 2.45. The fourth-order valence-corrected chi connectivity index (χ4v) is 1.90. The summed E-state index contributed by atoms with van der Waals surface area (Å²) >= 11 is 5.95. The Morgan fingerprint density at radius 3 is 2.81 bits per heavy atom. The van der Waals surface area contributed by atoms with Crippen LogP contribution in [-0.4, -0.2) is 27.6 Å². The lowest BCUT2D eigenvalue weighted by atomic mass is 10.2. The highest BCUT2D eigenvalue weighted by molar-refractivity contribution is 6.29. The molecule has 2 aromatic rings. The van der Waals surface area contributed by atoms with Crippen molar-refractivity contribution in [3.63, 3.8) is 0 Å². The topological polar surface area (TPSA) is 87.1 Å². The minimum Gasteiger partial charge on any atom is -0.478 e. The summed E-state index contributed by atoms with van der Waals surface area (Å²) < 4.78 is 0. The first kappa shape index (κ1) is 15.1. The molecule has 0 aliphatic carbocycles. The lowest BCUT2D eigenvalue weighted by Crippen LogP contribution is -2.07. The average molecular weight is 307 g/mol. The highest BCUT2D eigenvalue weighted by atomic mass is 35.5. The van der Waals surface area contributed by atoms with Gasteiger partial charge in [0.15, 0.2) is 0 Å². The van der Waals surface area contributed by atoms with Crippen molar-refractivity contribution in [3.05, 3.63) is 41.0 Å². The minimum absolute atomic E-state index is 0.162. The van der Waals surface area contributed by atoms with E-state index in [1.54, 1.807) is 18.2 Å². The highest BCUT2D eigenvalue weighted by Gasteiger charge is 2.10. The maximum Gasteiger partial charge on any atom is 0.337 e. The Balaban J connectivity index is 2.27. The summed E-state index contributed by atoms with van der Waals surface area (Å²) in [7, 11) is 0. The number of nitrogens with one attached hydrogen (secondary N) is 2. The van der Waals surface area contributed by atoms with Gasteiger partial charge in [-0.25, -0.2) is 9.78 Å². The SMILES string of the molecule is CCCNc1nc(Cl)cc(Nc2ccccc2C(=O)O)n1. The van der Waals surface area contributed by atoms with Crippen LogP contribution in [0.25, 0.3) is 0 Å². The van der Waals surface area contributed by atoms with Gasteiger partial charge in [0, 0.05) is 12.6 Å². The van der Waals surface area contributed by atoms with Crippen molar-refractivity contribution in [1.29, 1.82) is 0 Å². The van der Waals surface area contributed by atoms with Gasteiger partial charge in [-0.05, 0) is 18.6 Å². The van der Waals surface area contributed by atoms with Crippen LogP contribution in [0.3, 0.4) is 0 Å². The smallest absolute Gasteiger partial charge is 0.337 e. The molecule has 1 aromatic carbocycles. The molecule has 21 heavy (non-hydrogen) atoms. The fourth-order valence-electron chi connectivity index (χ4n) is 1.71. The number of hydrogen-bond acceptors (Lipinski definition) is 5. The number of benzene rings is 1. The van der Waals surface area contributed by atoms with Crippen LogP contribution >= 0.6 is 11.6 Å². The predicted molar refractivity (Wildman–Crippen MR) is 82.5 cm³/mol. The summed E-state index contributed by atoms with van der Waals surface area (Å²) in [6, 6.07) is 8.13. The number of para-hydroxylation sites is 1. The molecule has 3 N–H and O–H groups in total. The van der Waals surface area contributed by atoms with Crippen LogP contribution in [0.5, 0.6) is 0 Å². The van der Waals surface area contributed by atoms with Crippen LogP contribution in [0.2, 0.25) is 5.15 Å². The van der Waals surface area contributed by atoms with Crippen molar-refractivity contribution in [2.75, 3.05) is 17.2 Å². The second-order valence-electron chi connectivity index (χ2n) is 4.30. The molecule has 0 radical (unpaired) electrons. The maximum absolute atomic E-state index is 11.2. The standard InChI is InChI=1S/C14H15ClN4O2/c1-2-7-16-14-18-11(15)8-12(19-14)17-10-6-4-3-5-9(10)13(20)21/h3-6,8H,2,7H2,1H3,(H,20,21)(H2,16,17,18,19). The van der Waals surface area contributed by atoms with Gasteiger partial charge in [0.1, 0.15) is 11.0 Å². The zero-order chi connectivity index (χ0) is 15.2. The molecule has 0 fully saturated rings. The molecule has 0 spiro atoms. The van der Waals surface area contributed by atoms with Crippen LogP contribution in [0.15, 0.2) is 30.3 Å². The van der Waals surface area contributed by atoms with Crippen molar-refractivity contribution < 1.29 is 9.90 Å². The van der Waals surface area contributed by atoms with Crippen LogP contribution in [0.1, 0.15) is 23.7 Å². The van der Waals surface area contributed by atoms with E-state index in [4.69, 9.17) is 16.7 Å². The summed E-state index contributed by atoms with van der Waals surface area (Å²) in [5.41, 5.74) is 0.608. The molecule has 0 unspecified atom stereocenters. The van der Waals surface area contributed by atoms with Gasteiger partial charge in [0.25, 0.3) is 0 Å². The van der Waals surface area contributed by atoms with E-state index in [-0.39, 0.29) is 10.7 Å². The molecule has 6 nitrogen and oxygen atoms in total. The number of anilines is 3. The van der Waals surface area contributed by atoms with Crippen molar-refractivity contribution in [3.8, 4) is 0 Å². The Morgan fingerprint density at radius 1 is 1.33 bits per heavy atom. The molecule has 1 heterocycles. The number of halogens is 1. The number of hydrogen-bond donors (Lipinski definition) is 3. The van der Waals surface area contributed by atoms with E-state index in [9.17, 15) is 4.79 Å². The van der Waals surface area contributed by atoms with E-state index >= 15 is 0 Å². The lowest BCUT2D eigenvalue weighted by molar-refractivity contribution is 0.0698. The largest absolute Gasteiger partial charge is 0.478 e. The van der Waals surface area contributed by atoms with Gasteiger partial charge in [-0.3, -0.25) is 0 Å². The first-order valence-electron chi connectivity index (χ1n) is 6.48. The molecule has 0 amide bonds. The van der Waals surface area contributed by atoms with Crippen molar-refractivity contribution in [2.24, 2.45) is 0 Å². The maximum atomic E-state index is 11.2. The van der Waals surface area contributed by atoms with E-state index in [1.165, 1.54) is 12.1 Å². The molecule has 2 rings (SSSR count). The highest BCUT2D eigenvalue weighted by Crippen LogP contribution is 2.22. The van der Waals surface area contributed by atoms with Crippen LogP contribution in [0, 0.1) is 0 Å². The molecule has 0 saturated heterocycles. The van der Waals surface area contributed by atoms with E-state index in [0.717, 1.165) is 13.0 Å². The summed E-state index contributed by atoms with van der Waals surface area (Å²) in [4.78, 5) is 19.5. The molecular formula is C14H15ClN4O2. The summed E-state index contributed by atoms with van der Waals surface area (Å²) in [5, 5.41) is 15.4. The normalized spacial score (nSPS) is 10.2. The quantitative estimate of drug-likeness (QED) is 0.709.